The zero-order chi connectivity index (χ0) is 22.5. The minimum absolute atomic E-state index is 0.0123. The number of carbonyl (C=O) groups excluding carboxylic acids is 1. The summed E-state index contributed by atoms with van der Waals surface area (Å²) < 4.78 is 11.9. The lowest BCUT2D eigenvalue weighted by Gasteiger charge is -2.36. The second kappa shape index (κ2) is 10.1. The van der Waals surface area contributed by atoms with Gasteiger partial charge >= 0.3 is 0 Å². The molecule has 2 aliphatic rings. The van der Waals surface area contributed by atoms with Gasteiger partial charge in [0, 0.05) is 30.4 Å². The molecule has 0 bridgehead atoms. The number of nitrogens with one attached hydrogen (secondary N) is 1. The fraction of sp³-hybridized carbons (Fsp3) is 0.462. The van der Waals surface area contributed by atoms with Crippen molar-refractivity contribution >= 4 is 17.3 Å². The van der Waals surface area contributed by atoms with E-state index < -0.39 is 0 Å². The average Bonchev–Trinajstić information content (AvgIpc) is 2.80. The number of amides is 1. The minimum atomic E-state index is -0.0123. The summed E-state index contributed by atoms with van der Waals surface area (Å²) in [5, 5.41) is 12.3. The molecular formula is C26H31N3O3. The lowest BCUT2D eigenvalue weighted by atomic mass is 9.86. The first-order valence-corrected chi connectivity index (χ1v) is 11.5. The van der Waals surface area contributed by atoms with Gasteiger partial charge in [-0.05, 0) is 75.9 Å². The maximum Gasteiger partial charge on any atom is 0.227 e. The SMILES string of the molecule is C[C@@H]1CN(c2ccc(NC(=O)[C@H]3CC[C@@H](Oc4ccccc4C#N)CC3)cc2)C[C@H](C)O1. The molecule has 1 heterocycles. The normalized spacial score (nSPS) is 25.6. The van der Waals surface area contributed by atoms with Gasteiger partial charge in [0.25, 0.3) is 0 Å². The van der Waals surface area contributed by atoms with Crippen LogP contribution < -0.4 is 15.0 Å². The Morgan fingerprint density at radius 1 is 1.03 bits per heavy atom. The Hall–Kier alpha value is -3.04. The molecule has 2 aromatic rings. The van der Waals surface area contributed by atoms with E-state index in [2.05, 4.69) is 42.3 Å². The molecule has 1 aliphatic heterocycles. The molecule has 4 rings (SSSR count). The third-order valence-electron chi connectivity index (χ3n) is 6.27. The zero-order valence-corrected chi connectivity index (χ0v) is 18.8. The standard InChI is InChI=1S/C26H31N3O3/c1-18-16-29(17-19(2)31-18)23-11-9-22(10-12-23)28-26(30)20-7-13-24(14-8-20)32-25-6-4-3-5-21(25)15-27/h3-6,9-12,18-20,24H,7-8,13-14,16-17H2,1-2H3,(H,28,30)/t18-,19+,20-,24+. The number of nitriles is 1. The van der Waals surface area contributed by atoms with Crippen LogP contribution in [0, 0.1) is 17.2 Å². The van der Waals surface area contributed by atoms with Crippen molar-refractivity contribution < 1.29 is 14.3 Å². The van der Waals surface area contributed by atoms with Crippen LogP contribution in [-0.4, -0.2) is 37.3 Å². The van der Waals surface area contributed by atoms with Crippen LogP contribution in [0.25, 0.3) is 0 Å². The van der Waals surface area contributed by atoms with E-state index in [-0.39, 0.29) is 30.1 Å². The summed E-state index contributed by atoms with van der Waals surface area (Å²) in [6, 6.07) is 17.6. The van der Waals surface area contributed by atoms with E-state index in [1.807, 2.05) is 30.3 Å². The summed E-state index contributed by atoms with van der Waals surface area (Å²) in [7, 11) is 0. The molecule has 32 heavy (non-hydrogen) atoms. The molecule has 1 N–H and O–H groups in total. The molecule has 0 spiro atoms. The molecule has 2 atom stereocenters. The monoisotopic (exact) mass is 433 g/mol. The molecule has 1 aliphatic carbocycles. The fourth-order valence-corrected chi connectivity index (χ4v) is 4.67. The number of anilines is 2. The van der Waals surface area contributed by atoms with Crippen molar-refractivity contribution in [2.24, 2.45) is 5.92 Å². The van der Waals surface area contributed by atoms with E-state index in [0.717, 1.165) is 50.1 Å². The molecule has 1 amide bonds. The summed E-state index contributed by atoms with van der Waals surface area (Å²) in [5.74, 6) is 0.691. The van der Waals surface area contributed by atoms with Crippen LogP contribution in [0.15, 0.2) is 48.5 Å². The van der Waals surface area contributed by atoms with Crippen LogP contribution in [0.4, 0.5) is 11.4 Å². The van der Waals surface area contributed by atoms with Gasteiger partial charge in [0.05, 0.1) is 23.9 Å². The quantitative estimate of drug-likeness (QED) is 0.737. The summed E-state index contributed by atoms with van der Waals surface area (Å²) in [4.78, 5) is 15.1. The van der Waals surface area contributed by atoms with Gasteiger partial charge in [-0.2, -0.15) is 5.26 Å². The molecule has 6 nitrogen and oxygen atoms in total. The van der Waals surface area contributed by atoms with E-state index in [1.54, 1.807) is 6.07 Å². The van der Waals surface area contributed by atoms with Crippen LogP contribution in [0.1, 0.15) is 45.1 Å². The summed E-state index contributed by atoms with van der Waals surface area (Å²) in [6.07, 6.45) is 3.66. The first kappa shape index (κ1) is 22.2. The Labute approximate surface area is 190 Å². The van der Waals surface area contributed by atoms with Crippen LogP contribution in [-0.2, 0) is 9.53 Å². The van der Waals surface area contributed by atoms with Gasteiger partial charge in [0.15, 0.2) is 0 Å². The van der Waals surface area contributed by atoms with Crippen LogP contribution in [0.2, 0.25) is 0 Å². The molecule has 1 saturated carbocycles. The van der Waals surface area contributed by atoms with Crippen molar-refractivity contribution in [3.63, 3.8) is 0 Å². The number of nitrogens with zero attached hydrogens (tertiary/aromatic N) is 2. The molecule has 2 aromatic carbocycles. The maximum atomic E-state index is 12.8. The predicted octanol–water partition coefficient (Wildman–Crippen LogP) is 4.75. The molecule has 0 radical (unpaired) electrons. The summed E-state index contributed by atoms with van der Waals surface area (Å²) in [5.41, 5.74) is 2.53. The minimum Gasteiger partial charge on any atom is -0.489 e. The lowest BCUT2D eigenvalue weighted by Crippen LogP contribution is -2.45. The molecule has 1 saturated heterocycles. The first-order valence-electron chi connectivity index (χ1n) is 11.5. The molecule has 168 valence electrons. The Morgan fingerprint density at radius 3 is 2.34 bits per heavy atom. The van der Waals surface area contributed by atoms with Gasteiger partial charge in [-0.25, -0.2) is 0 Å². The first-order chi connectivity index (χ1) is 15.5. The number of para-hydroxylation sites is 1. The number of ether oxygens (including phenoxy) is 2. The third kappa shape index (κ3) is 5.41. The van der Waals surface area contributed by atoms with Gasteiger partial charge in [-0.15, -0.1) is 0 Å². The fourth-order valence-electron chi connectivity index (χ4n) is 4.67. The zero-order valence-electron chi connectivity index (χ0n) is 18.8. The Morgan fingerprint density at radius 2 is 1.69 bits per heavy atom. The van der Waals surface area contributed by atoms with Crippen LogP contribution in [0.5, 0.6) is 5.75 Å². The van der Waals surface area contributed by atoms with Gasteiger partial charge in [-0.1, -0.05) is 12.1 Å². The number of morpholine rings is 1. The highest BCUT2D eigenvalue weighted by Gasteiger charge is 2.28. The number of carbonyl (C=O) groups is 1. The number of benzene rings is 2. The van der Waals surface area contributed by atoms with Crippen molar-refractivity contribution in [2.45, 2.75) is 57.8 Å². The molecular weight excluding hydrogens is 402 g/mol. The second-order valence-electron chi connectivity index (χ2n) is 8.90. The second-order valence-corrected chi connectivity index (χ2v) is 8.90. The highest BCUT2D eigenvalue weighted by molar-refractivity contribution is 5.92. The van der Waals surface area contributed by atoms with Crippen LogP contribution >= 0.6 is 0 Å². The molecule has 0 unspecified atom stereocenters. The number of hydrogen-bond donors (Lipinski definition) is 1. The van der Waals surface area contributed by atoms with E-state index in [1.165, 1.54) is 0 Å². The predicted molar refractivity (Wildman–Crippen MR) is 125 cm³/mol. The van der Waals surface area contributed by atoms with Gasteiger partial charge in [0.1, 0.15) is 11.8 Å². The molecule has 2 fully saturated rings. The van der Waals surface area contributed by atoms with Gasteiger partial charge < -0.3 is 19.7 Å². The van der Waals surface area contributed by atoms with Gasteiger partial charge in [-0.3, -0.25) is 4.79 Å². The number of rotatable bonds is 5. The smallest absolute Gasteiger partial charge is 0.227 e. The third-order valence-corrected chi connectivity index (χ3v) is 6.27. The van der Waals surface area contributed by atoms with E-state index in [4.69, 9.17) is 9.47 Å². The highest BCUT2D eigenvalue weighted by Crippen LogP contribution is 2.30. The molecule has 0 aromatic heterocycles. The van der Waals surface area contributed by atoms with Crippen molar-refractivity contribution in [3.05, 3.63) is 54.1 Å². The van der Waals surface area contributed by atoms with Crippen molar-refractivity contribution in [1.82, 2.24) is 0 Å². The van der Waals surface area contributed by atoms with Crippen molar-refractivity contribution in [1.29, 1.82) is 5.26 Å². The highest BCUT2D eigenvalue weighted by atomic mass is 16.5. The Balaban J connectivity index is 1.27. The van der Waals surface area contributed by atoms with Crippen LogP contribution in [0.3, 0.4) is 0 Å². The summed E-state index contributed by atoms with van der Waals surface area (Å²) in [6.45, 7) is 5.94. The number of hydrogen-bond acceptors (Lipinski definition) is 5. The Bertz CT molecular complexity index is 951. The van der Waals surface area contributed by atoms with Crippen molar-refractivity contribution in [2.75, 3.05) is 23.3 Å². The maximum absolute atomic E-state index is 12.8. The average molecular weight is 434 g/mol. The molecule has 6 heteroatoms. The van der Waals surface area contributed by atoms with E-state index >= 15 is 0 Å². The lowest BCUT2D eigenvalue weighted by molar-refractivity contribution is -0.121. The Kier molecular flexibility index (Phi) is 6.96. The topological polar surface area (TPSA) is 74.6 Å². The van der Waals surface area contributed by atoms with Gasteiger partial charge in [0.2, 0.25) is 5.91 Å². The van der Waals surface area contributed by atoms with E-state index in [0.29, 0.717) is 11.3 Å². The summed E-state index contributed by atoms with van der Waals surface area (Å²) >= 11 is 0. The van der Waals surface area contributed by atoms with Crippen molar-refractivity contribution in [3.8, 4) is 11.8 Å². The largest absolute Gasteiger partial charge is 0.489 e. The van der Waals surface area contributed by atoms with E-state index in [9.17, 15) is 10.1 Å².